The van der Waals surface area contributed by atoms with Crippen molar-refractivity contribution in [3.05, 3.63) is 52.6 Å². The topological polar surface area (TPSA) is 85.7 Å². The zero-order valence-electron chi connectivity index (χ0n) is 13.1. The van der Waals surface area contributed by atoms with Gasteiger partial charge in [-0.05, 0) is 37.6 Å². The van der Waals surface area contributed by atoms with E-state index in [1.807, 2.05) is 6.07 Å². The Morgan fingerprint density at radius 1 is 1.35 bits per heavy atom. The molecule has 3 aromatic rings. The number of methoxy groups -OCH3 is 1. The minimum absolute atomic E-state index is 0.194. The van der Waals surface area contributed by atoms with Crippen molar-refractivity contribution in [1.29, 1.82) is 0 Å². The first-order valence-electron chi connectivity index (χ1n) is 7.19. The number of carbonyl (C=O) groups excluding carboxylic acids is 1. The summed E-state index contributed by atoms with van der Waals surface area (Å²) < 4.78 is 15.5. The molecule has 1 N–H and O–H groups in total. The van der Waals surface area contributed by atoms with Crippen molar-refractivity contribution >= 4 is 16.9 Å². The predicted octanol–water partition coefficient (Wildman–Crippen LogP) is 2.83. The van der Waals surface area contributed by atoms with E-state index in [1.54, 1.807) is 32.0 Å². The van der Waals surface area contributed by atoms with Gasteiger partial charge < -0.3 is 18.8 Å². The number of carbonyl (C=O) groups is 1. The van der Waals surface area contributed by atoms with Crippen molar-refractivity contribution in [2.75, 3.05) is 7.11 Å². The molecular weight excluding hydrogens is 298 g/mol. The van der Waals surface area contributed by atoms with Crippen LogP contribution in [0, 0.1) is 13.8 Å². The molecule has 1 aromatic carbocycles. The molecule has 2 aromatic heterocycles. The lowest BCUT2D eigenvalue weighted by Crippen LogP contribution is -2.03. The van der Waals surface area contributed by atoms with Crippen LogP contribution in [0.2, 0.25) is 0 Å². The second kappa shape index (κ2) is 5.89. The first-order chi connectivity index (χ1) is 11.0. The second-order valence-corrected chi connectivity index (χ2v) is 5.41. The van der Waals surface area contributed by atoms with Crippen molar-refractivity contribution in [3.63, 3.8) is 0 Å². The molecule has 0 bridgehead atoms. The SMILES string of the molecule is COC(=O)Cc1ccc2oc([C@@H](O)c3c(C)noc3C)cc2c1. The lowest BCUT2D eigenvalue weighted by atomic mass is 10.1. The van der Waals surface area contributed by atoms with Crippen LogP contribution in [0.25, 0.3) is 11.0 Å². The number of aromatic nitrogens is 1. The molecule has 1 atom stereocenters. The Hall–Kier alpha value is -2.60. The highest BCUT2D eigenvalue weighted by Gasteiger charge is 2.23. The molecule has 0 unspecified atom stereocenters. The summed E-state index contributed by atoms with van der Waals surface area (Å²) in [5.41, 5.74) is 2.70. The van der Waals surface area contributed by atoms with Crippen LogP contribution in [-0.4, -0.2) is 23.3 Å². The zero-order valence-corrected chi connectivity index (χ0v) is 13.1. The molecule has 0 spiro atoms. The first-order valence-corrected chi connectivity index (χ1v) is 7.19. The number of aliphatic hydroxyl groups excluding tert-OH is 1. The maximum atomic E-state index is 11.4. The van der Waals surface area contributed by atoms with Crippen LogP contribution < -0.4 is 0 Å². The number of furan rings is 1. The molecule has 0 fully saturated rings. The number of hydrogen-bond acceptors (Lipinski definition) is 6. The predicted molar refractivity (Wildman–Crippen MR) is 82.0 cm³/mol. The van der Waals surface area contributed by atoms with Crippen molar-refractivity contribution in [3.8, 4) is 0 Å². The number of rotatable bonds is 4. The zero-order chi connectivity index (χ0) is 16.6. The minimum Gasteiger partial charge on any atom is -0.469 e. The van der Waals surface area contributed by atoms with Crippen molar-refractivity contribution < 1.29 is 23.6 Å². The maximum Gasteiger partial charge on any atom is 0.309 e. The van der Waals surface area contributed by atoms with Gasteiger partial charge in [-0.3, -0.25) is 4.79 Å². The van der Waals surface area contributed by atoms with E-state index in [-0.39, 0.29) is 12.4 Å². The van der Waals surface area contributed by atoms with Crippen LogP contribution in [-0.2, 0) is 16.0 Å². The molecule has 2 heterocycles. The van der Waals surface area contributed by atoms with E-state index in [1.165, 1.54) is 7.11 Å². The second-order valence-electron chi connectivity index (χ2n) is 5.41. The van der Waals surface area contributed by atoms with Crippen LogP contribution in [0.3, 0.4) is 0 Å². The largest absolute Gasteiger partial charge is 0.469 e. The number of benzene rings is 1. The third kappa shape index (κ3) is 2.85. The molecule has 3 rings (SSSR count). The summed E-state index contributed by atoms with van der Waals surface area (Å²) in [6.45, 7) is 3.52. The summed E-state index contributed by atoms with van der Waals surface area (Å²) in [6, 6.07) is 7.18. The van der Waals surface area contributed by atoms with E-state index >= 15 is 0 Å². The number of fused-ring (bicyclic) bond motifs is 1. The summed E-state index contributed by atoms with van der Waals surface area (Å²) in [5, 5.41) is 15.2. The average molecular weight is 315 g/mol. The van der Waals surface area contributed by atoms with Gasteiger partial charge in [0.2, 0.25) is 0 Å². The first kappa shape index (κ1) is 15.3. The summed E-state index contributed by atoms with van der Waals surface area (Å²) in [7, 11) is 1.36. The molecule has 6 nitrogen and oxygen atoms in total. The smallest absolute Gasteiger partial charge is 0.309 e. The Kier molecular flexibility index (Phi) is 3.92. The lowest BCUT2D eigenvalue weighted by Gasteiger charge is -2.06. The van der Waals surface area contributed by atoms with Gasteiger partial charge in [0.25, 0.3) is 0 Å². The molecule has 120 valence electrons. The fourth-order valence-corrected chi connectivity index (χ4v) is 2.62. The molecule has 23 heavy (non-hydrogen) atoms. The molecule has 6 heteroatoms. The van der Waals surface area contributed by atoms with Crippen LogP contribution in [0.4, 0.5) is 0 Å². The monoisotopic (exact) mass is 315 g/mol. The highest BCUT2D eigenvalue weighted by atomic mass is 16.5. The summed E-state index contributed by atoms with van der Waals surface area (Å²) in [5.74, 6) is 0.662. The van der Waals surface area contributed by atoms with E-state index in [0.29, 0.717) is 28.4 Å². The number of aryl methyl sites for hydroxylation is 2. The Balaban J connectivity index is 1.95. The average Bonchev–Trinajstić information content (AvgIpc) is 3.09. The maximum absolute atomic E-state index is 11.4. The van der Waals surface area contributed by atoms with E-state index in [0.717, 1.165) is 10.9 Å². The third-order valence-electron chi connectivity index (χ3n) is 3.81. The van der Waals surface area contributed by atoms with Gasteiger partial charge in [0.15, 0.2) is 0 Å². The highest BCUT2D eigenvalue weighted by Crippen LogP contribution is 2.31. The normalized spacial score (nSPS) is 12.5. The minimum atomic E-state index is -0.947. The molecule has 0 saturated heterocycles. The third-order valence-corrected chi connectivity index (χ3v) is 3.81. The van der Waals surface area contributed by atoms with Gasteiger partial charge in [0, 0.05) is 5.39 Å². The van der Waals surface area contributed by atoms with Gasteiger partial charge in [-0.15, -0.1) is 0 Å². The fourth-order valence-electron chi connectivity index (χ4n) is 2.62. The molecule has 0 radical (unpaired) electrons. The molecule has 0 aliphatic carbocycles. The number of hydrogen-bond donors (Lipinski definition) is 1. The van der Waals surface area contributed by atoms with Crippen molar-refractivity contribution in [2.24, 2.45) is 0 Å². The van der Waals surface area contributed by atoms with Gasteiger partial charge in [-0.25, -0.2) is 0 Å². The van der Waals surface area contributed by atoms with Crippen molar-refractivity contribution in [1.82, 2.24) is 5.16 Å². The molecular formula is C17H17NO5. The van der Waals surface area contributed by atoms with Crippen LogP contribution in [0.1, 0.15) is 34.4 Å². The Morgan fingerprint density at radius 3 is 2.78 bits per heavy atom. The van der Waals surface area contributed by atoms with Crippen molar-refractivity contribution in [2.45, 2.75) is 26.4 Å². The summed E-state index contributed by atoms with van der Waals surface area (Å²) >= 11 is 0. The van der Waals surface area contributed by atoms with E-state index < -0.39 is 6.10 Å². The number of aliphatic hydroxyl groups is 1. The van der Waals surface area contributed by atoms with Crippen LogP contribution >= 0.6 is 0 Å². The fraction of sp³-hybridized carbons (Fsp3) is 0.294. The van der Waals surface area contributed by atoms with Gasteiger partial charge in [-0.1, -0.05) is 11.2 Å². The van der Waals surface area contributed by atoms with E-state index in [9.17, 15) is 9.90 Å². The Morgan fingerprint density at radius 2 is 2.13 bits per heavy atom. The quantitative estimate of drug-likeness (QED) is 0.745. The van der Waals surface area contributed by atoms with Gasteiger partial charge >= 0.3 is 5.97 Å². The summed E-state index contributed by atoms with van der Waals surface area (Å²) in [6.07, 6.45) is -0.753. The highest BCUT2D eigenvalue weighted by molar-refractivity contribution is 5.81. The number of nitrogens with zero attached hydrogens (tertiary/aromatic N) is 1. The number of esters is 1. The van der Waals surface area contributed by atoms with Gasteiger partial charge in [0.05, 0.1) is 24.8 Å². The molecule has 0 amide bonds. The van der Waals surface area contributed by atoms with Crippen LogP contribution in [0.5, 0.6) is 0 Å². The van der Waals surface area contributed by atoms with E-state index in [2.05, 4.69) is 9.89 Å². The Labute approximate surface area is 132 Å². The van der Waals surface area contributed by atoms with Gasteiger partial charge in [0.1, 0.15) is 23.2 Å². The Bertz CT molecular complexity index is 842. The molecule has 0 aliphatic rings. The summed E-state index contributed by atoms with van der Waals surface area (Å²) in [4.78, 5) is 11.4. The molecule has 0 aliphatic heterocycles. The lowest BCUT2D eigenvalue weighted by molar-refractivity contribution is -0.139. The number of ether oxygens (including phenoxy) is 1. The van der Waals surface area contributed by atoms with Crippen LogP contribution in [0.15, 0.2) is 33.2 Å². The molecule has 0 saturated carbocycles. The van der Waals surface area contributed by atoms with E-state index in [4.69, 9.17) is 8.94 Å². The standard InChI is InChI=1S/C17H17NO5/c1-9-16(10(2)23-18-9)17(20)14-8-12-6-11(7-15(19)21-3)4-5-13(12)22-14/h4-6,8,17,20H,7H2,1-3H3/t17-/m1/s1. The van der Waals surface area contributed by atoms with Gasteiger partial charge in [-0.2, -0.15) is 0 Å².